The number of hydrogen-bond acceptors (Lipinski definition) is 3. The molecule has 0 saturated heterocycles. The van der Waals surface area contributed by atoms with Crippen LogP contribution in [0.15, 0.2) is 65.6 Å². The third kappa shape index (κ3) is 4.15. The van der Waals surface area contributed by atoms with Gasteiger partial charge < -0.3 is 5.32 Å². The minimum absolute atomic E-state index is 0.177. The summed E-state index contributed by atoms with van der Waals surface area (Å²) in [7, 11) is -3.75. The molecule has 31 heavy (non-hydrogen) atoms. The van der Waals surface area contributed by atoms with Crippen LogP contribution in [-0.4, -0.2) is 20.4 Å². The summed E-state index contributed by atoms with van der Waals surface area (Å²) in [5.74, 6) is -0.264. The molecule has 0 aromatic heterocycles. The van der Waals surface area contributed by atoms with Crippen LogP contribution in [0.25, 0.3) is 0 Å². The molecule has 8 heteroatoms. The number of hydrogen-bond donors (Lipinski definition) is 1. The number of aryl methyl sites for hydroxylation is 1. The lowest BCUT2D eigenvalue weighted by atomic mass is 10.1. The SMILES string of the molecule is Cc1cc(Cl)ccc1NC(=O)c1ccc2c(c1)C[C@H](C)N2S(=O)(=O)c1ccc(Cl)cc1. The standard InChI is InChI=1S/C23H20Cl2N2O3S/c1-14-11-19(25)6-9-21(14)26-23(28)16-3-10-22-17(13-16)12-15(2)27(22)31(29,30)20-7-4-18(24)5-8-20/h3-11,13,15H,12H2,1-2H3,(H,26,28)/t15-/m0/s1. The number of rotatable bonds is 4. The second kappa shape index (κ2) is 8.19. The molecule has 1 atom stereocenters. The Morgan fingerprint density at radius 3 is 2.35 bits per heavy atom. The Bertz CT molecular complexity index is 1270. The van der Waals surface area contributed by atoms with Crippen LogP contribution in [0.3, 0.4) is 0 Å². The molecule has 0 radical (unpaired) electrons. The van der Waals surface area contributed by atoms with Gasteiger partial charge >= 0.3 is 0 Å². The number of amides is 1. The van der Waals surface area contributed by atoms with Gasteiger partial charge in [0, 0.05) is 27.3 Å². The fourth-order valence-corrected chi connectivity index (χ4v) is 5.84. The van der Waals surface area contributed by atoms with E-state index in [1.165, 1.54) is 16.4 Å². The number of nitrogens with one attached hydrogen (secondary N) is 1. The summed E-state index contributed by atoms with van der Waals surface area (Å²) in [6, 6.07) is 16.2. The number of carbonyl (C=O) groups is 1. The highest BCUT2D eigenvalue weighted by atomic mass is 35.5. The van der Waals surface area contributed by atoms with E-state index in [-0.39, 0.29) is 16.8 Å². The monoisotopic (exact) mass is 474 g/mol. The lowest BCUT2D eigenvalue weighted by Gasteiger charge is -2.24. The number of carbonyl (C=O) groups excluding carboxylic acids is 1. The normalized spacial score (nSPS) is 15.6. The maximum Gasteiger partial charge on any atom is 0.264 e. The molecule has 1 aliphatic rings. The summed E-state index contributed by atoms with van der Waals surface area (Å²) in [6.07, 6.45) is 0.517. The van der Waals surface area contributed by atoms with Crippen molar-refractivity contribution in [3.8, 4) is 0 Å². The first kappa shape index (κ1) is 21.7. The van der Waals surface area contributed by atoms with Crippen molar-refractivity contribution in [3.05, 3.63) is 87.4 Å². The lowest BCUT2D eigenvalue weighted by molar-refractivity contribution is 0.102. The fraction of sp³-hybridized carbons (Fsp3) is 0.174. The first-order chi connectivity index (χ1) is 14.7. The van der Waals surface area contributed by atoms with Crippen molar-refractivity contribution in [3.63, 3.8) is 0 Å². The molecule has 1 N–H and O–H groups in total. The average Bonchev–Trinajstić information content (AvgIpc) is 3.06. The van der Waals surface area contributed by atoms with Crippen LogP contribution in [0.1, 0.15) is 28.4 Å². The minimum Gasteiger partial charge on any atom is -0.322 e. The molecule has 4 rings (SSSR count). The summed E-state index contributed by atoms with van der Waals surface area (Å²) in [4.78, 5) is 13.0. The molecular formula is C23H20Cl2N2O3S. The first-order valence-corrected chi connectivity index (χ1v) is 11.9. The van der Waals surface area contributed by atoms with Crippen LogP contribution in [0.2, 0.25) is 10.0 Å². The molecule has 3 aromatic carbocycles. The van der Waals surface area contributed by atoms with E-state index in [4.69, 9.17) is 23.2 Å². The van der Waals surface area contributed by atoms with Gasteiger partial charge in [-0.15, -0.1) is 0 Å². The molecule has 0 saturated carbocycles. The smallest absolute Gasteiger partial charge is 0.264 e. The Kier molecular flexibility index (Phi) is 5.73. The van der Waals surface area contributed by atoms with Crippen molar-refractivity contribution in [2.24, 2.45) is 0 Å². The molecule has 0 unspecified atom stereocenters. The highest BCUT2D eigenvalue weighted by Crippen LogP contribution is 2.37. The molecule has 5 nitrogen and oxygen atoms in total. The van der Waals surface area contributed by atoms with Gasteiger partial charge in [-0.3, -0.25) is 9.10 Å². The second-order valence-corrected chi connectivity index (χ2v) is 10.3. The van der Waals surface area contributed by atoms with Crippen LogP contribution in [0.5, 0.6) is 0 Å². The Morgan fingerprint density at radius 2 is 1.68 bits per heavy atom. The van der Waals surface area contributed by atoms with Crippen molar-refractivity contribution in [1.82, 2.24) is 0 Å². The third-order valence-corrected chi connectivity index (χ3v) is 7.73. The van der Waals surface area contributed by atoms with Crippen LogP contribution in [-0.2, 0) is 16.4 Å². The number of nitrogens with zero attached hydrogens (tertiary/aromatic N) is 1. The third-order valence-electron chi connectivity index (χ3n) is 5.30. The number of anilines is 2. The predicted octanol–water partition coefficient (Wildman–Crippen LogP) is 5.69. The molecule has 1 amide bonds. The van der Waals surface area contributed by atoms with Gasteiger partial charge in [-0.2, -0.15) is 0 Å². The van der Waals surface area contributed by atoms with E-state index in [0.717, 1.165) is 11.1 Å². The van der Waals surface area contributed by atoms with Crippen LogP contribution >= 0.6 is 23.2 Å². The summed E-state index contributed by atoms with van der Waals surface area (Å²) in [6.45, 7) is 3.72. The largest absolute Gasteiger partial charge is 0.322 e. The van der Waals surface area contributed by atoms with E-state index < -0.39 is 10.0 Å². The molecule has 0 bridgehead atoms. The van der Waals surface area contributed by atoms with Crippen molar-refractivity contribution in [2.45, 2.75) is 31.2 Å². The highest BCUT2D eigenvalue weighted by molar-refractivity contribution is 7.92. The molecule has 1 heterocycles. The van der Waals surface area contributed by atoms with E-state index in [2.05, 4.69) is 5.32 Å². The maximum atomic E-state index is 13.2. The van der Waals surface area contributed by atoms with Gasteiger partial charge in [-0.1, -0.05) is 23.2 Å². The van der Waals surface area contributed by atoms with Crippen molar-refractivity contribution < 1.29 is 13.2 Å². The molecule has 0 fully saturated rings. The molecule has 3 aromatic rings. The van der Waals surface area contributed by atoms with Crippen molar-refractivity contribution in [1.29, 1.82) is 0 Å². The molecule has 0 aliphatic carbocycles. The van der Waals surface area contributed by atoms with Gasteiger partial charge in [-0.25, -0.2) is 8.42 Å². The minimum atomic E-state index is -3.75. The van der Waals surface area contributed by atoms with Gasteiger partial charge in [0.15, 0.2) is 0 Å². The van der Waals surface area contributed by atoms with Gasteiger partial charge in [-0.05, 0) is 92.1 Å². The lowest BCUT2D eigenvalue weighted by Crippen LogP contribution is -2.35. The number of fused-ring (bicyclic) bond motifs is 1. The highest BCUT2D eigenvalue weighted by Gasteiger charge is 2.36. The molecule has 160 valence electrons. The summed E-state index contributed by atoms with van der Waals surface area (Å²) in [5, 5.41) is 3.96. The van der Waals surface area contributed by atoms with Gasteiger partial charge in [0.2, 0.25) is 0 Å². The van der Waals surface area contributed by atoms with E-state index in [9.17, 15) is 13.2 Å². The Morgan fingerprint density at radius 1 is 1.00 bits per heavy atom. The number of halogens is 2. The number of benzene rings is 3. The second-order valence-electron chi connectivity index (χ2n) is 7.56. The topological polar surface area (TPSA) is 66.5 Å². The quantitative estimate of drug-likeness (QED) is 0.527. The van der Waals surface area contributed by atoms with Crippen LogP contribution < -0.4 is 9.62 Å². The van der Waals surface area contributed by atoms with Crippen LogP contribution in [0.4, 0.5) is 11.4 Å². The van der Waals surface area contributed by atoms with E-state index in [1.54, 1.807) is 48.5 Å². The summed E-state index contributed by atoms with van der Waals surface area (Å²) >= 11 is 11.9. The van der Waals surface area contributed by atoms with E-state index >= 15 is 0 Å². The average molecular weight is 475 g/mol. The number of sulfonamides is 1. The van der Waals surface area contributed by atoms with Crippen molar-refractivity contribution >= 4 is 50.5 Å². The van der Waals surface area contributed by atoms with Crippen LogP contribution in [0, 0.1) is 6.92 Å². The fourth-order valence-electron chi connectivity index (χ4n) is 3.79. The zero-order valence-electron chi connectivity index (χ0n) is 16.9. The Hall–Kier alpha value is -2.54. The molecule has 0 spiro atoms. The molecule has 1 aliphatic heterocycles. The molecular weight excluding hydrogens is 455 g/mol. The van der Waals surface area contributed by atoms with E-state index in [0.29, 0.717) is 33.4 Å². The summed E-state index contributed by atoms with van der Waals surface area (Å²) < 4.78 is 27.9. The predicted molar refractivity (Wildman–Crippen MR) is 125 cm³/mol. The van der Waals surface area contributed by atoms with E-state index in [1.807, 2.05) is 13.8 Å². The summed E-state index contributed by atoms with van der Waals surface area (Å²) in [5.41, 5.74) is 3.39. The Balaban J connectivity index is 1.63. The first-order valence-electron chi connectivity index (χ1n) is 9.67. The zero-order valence-corrected chi connectivity index (χ0v) is 19.2. The van der Waals surface area contributed by atoms with Crippen molar-refractivity contribution in [2.75, 3.05) is 9.62 Å². The maximum absolute atomic E-state index is 13.2. The zero-order chi connectivity index (χ0) is 22.3. The van der Waals surface area contributed by atoms with Gasteiger partial charge in [0.1, 0.15) is 0 Å². The Labute approximate surface area is 191 Å². The van der Waals surface area contributed by atoms with Gasteiger partial charge in [0.25, 0.3) is 15.9 Å². The van der Waals surface area contributed by atoms with Gasteiger partial charge in [0.05, 0.1) is 10.6 Å².